The quantitative estimate of drug-likeness (QED) is 0.587. The van der Waals surface area contributed by atoms with Crippen LogP contribution < -0.4 is 0 Å². The molecule has 0 radical (unpaired) electrons. The number of allylic oxidation sites excluding steroid dienone is 3. The van der Waals surface area contributed by atoms with E-state index < -0.39 is 36.4 Å². The number of halogens is 1. The maximum atomic E-state index is 13.5. The summed E-state index contributed by atoms with van der Waals surface area (Å²) in [5.41, 5.74) is 1.17. The maximum absolute atomic E-state index is 13.5. The summed E-state index contributed by atoms with van der Waals surface area (Å²) in [6.07, 6.45) is 5.15. The number of fused-ring (bicyclic) bond motifs is 1. The molecule has 0 saturated carbocycles. The number of benzene rings is 1. The van der Waals surface area contributed by atoms with Crippen molar-refractivity contribution in [1.29, 1.82) is 0 Å². The molecule has 1 aliphatic heterocycles. The first-order valence-corrected chi connectivity index (χ1v) is 8.11. The zero-order chi connectivity index (χ0) is 17.8. The molecule has 2 amide bonds. The topological polar surface area (TPSA) is 63.7 Å². The Hall–Kier alpha value is -2.76. The van der Waals surface area contributed by atoms with Crippen LogP contribution in [-0.4, -0.2) is 35.4 Å². The summed E-state index contributed by atoms with van der Waals surface area (Å²) in [6, 6.07) is 7.96. The molecule has 0 N–H and O–H groups in total. The average Bonchev–Trinajstić information content (AvgIpc) is 2.90. The van der Waals surface area contributed by atoms with Gasteiger partial charge in [0.1, 0.15) is 13.3 Å². The first-order chi connectivity index (χ1) is 12.1. The van der Waals surface area contributed by atoms with E-state index in [0.29, 0.717) is 12.0 Å². The first-order valence-electron chi connectivity index (χ1n) is 8.11. The molecule has 1 fully saturated rings. The number of likely N-dealkylation sites (tertiary alicyclic amines) is 1. The predicted molar refractivity (Wildman–Crippen MR) is 87.8 cm³/mol. The molecule has 0 spiro atoms. The Morgan fingerprint density at radius 2 is 2.04 bits per heavy atom. The second-order valence-electron chi connectivity index (χ2n) is 6.01. The van der Waals surface area contributed by atoms with E-state index in [0.717, 1.165) is 10.5 Å². The minimum absolute atomic E-state index is 0.0677. The second kappa shape index (κ2) is 7.42. The van der Waals surface area contributed by atoms with Crippen molar-refractivity contribution in [2.45, 2.75) is 25.5 Å². The summed E-state index contributed by atoms with van der Waals surface area (Å²) >= 11 is 0. The lowest BCUT2D eigenvalue weighted by Crippen LogP contribution is -2.43. The lowest BCUT2D eigenvalue weighted by molar-refractivity contribution is -0.149. The molecular formula is C19H18FNO4. The summed E-state index contributed by atoms with van der Waals surface area (Å²) in [7, 11) is 0. The third kappa shape index (κ3) is 3.52. The van der Waals surface area contributed by atoms with E-state index >= 15 is 0 Å². The van der Waals surface area contributed by atoms with Crippen molar-refractivity contribution in [2.24, 2.45) is 5.92 Å². The fraction of sp³-hybridized carbons (Fsp3) is 0.316. The molecule has 6 heteroatoms. The fourth-order valence-corrected chi connectivity index (χ4v) is 3.04. The molecule has 25 heavy (non-hydrogen) atoms. The molecule has 0 bridgehead atoms. The Balaban J connectivity index is 1.63. The number of alkyl halides is 1. The molecule has 1 heterocycles. The van der Waals surface area contributed by atoms with Crippen LogP contribution in [0.25, 0.3) is 0 Å². The first kappa shape index (κ1) is 17.1. The van der Waals surface area contributed by atoms with E-state index in [1.807, 2.05) is 18.2 Å². The highest BCUT2D eigenvalue weighted by Gasteiger charge is 2.46. The highest BCUT2D eigenvalue weighted by molar-refractivity contribution is 6.15. The Labute approximate surface area is 144 Å². The van der Waals surface area contributed by atoms with Crippen LogP contribution in [-0.2, 0) is 25.7 Å². The average molecular weight is 343 g/mol. The Bertz CT molecular complexity index is 741. The largest absolute Gasteiger partial charge is 0.461 e. The Kier molecular flexibility index (Phi) is 5.07. The van der Waals surface area contributed by atoms with Gasteiger partial charge < -0.3 is 4.74 Å². The van der Waals surface area contributed by atoms with E-state index in [1.54, 1.807) is 30.4 Å². The number of ether oxygens (including phenoxy) is 1. The van der Waals surface area contributed by atoms with Crippen molar-refractivity contribution < 1.29 is 23.5 Å². The zero-order valence-electron chi connectivity index (χ0n) is 13.6. The summed E-state index contributed by atoms with van der Waals surface area (Å²) in [5.74, 6) is -2.17. The molecule has 0 aromatic heterocycles. The monoisotopic (exact) mass is 343 g/mol. The number of hydrogen-bond donors (Lipinski definition) is 0. The standard InChI is InChI=1S/C19H18FNO4/c20-11-14(10-17(22)25-12-13-6-2-1-3-7-13)21-18(23)15-8-4-5-9-16(15)19(21)24/h1-8,14,16H,9-12H2/t14-,16?/m0/s1. The predicted octanol–water partition coefficient (Wildman–Crippen LogP) is 2.33. The van der Waals surface area contributed by atoms with Crippen molar-refractivity contribution in [2.75, 3.05) is 6.67 Å². The summed E-state index contributed by atoms with van der Waals surface area (Å²) in [5, 5.41) is 0. The van der Waals surface area contributed by atoms with Crippen LogP contribution in [0.1, 0.15) is 18.4 Å². The smallest absolute Gasteiger partial charge is 0.308 e. The van der Waals surface area contributed by atoms with Crippen LogP contribution in [0.3, 0.4) is 0 Å². The Morgan fingerprint density at radius 1 is 1.28 bits per heavy atom. The van der Waals surface area contributed by atoms with E-state index in [9.17, 15) is 18.8 Å². The van der Waals surface area contributed by atoms with Crippen LogP contribution in [0.2, 0.25) is 0 Å². The van der Waals surface area contributed by atoms with Gasteiger partial charge in [-0.3, -0.25) is 19.3 Å². The molecule has 130 valence electrons. The van der Waals surface area contributed by atoms with Gasteiger partial charge in [0, 0.05) is 5.57 Å². The molecule has 1 aromatic carbocycles. The maximum Gasteiger partial charge on any atom is 0.308 e. The molecule has 1 aliphatic carbocycles. The molecule has 1 aromatic rings. The summed E-state index contributed by atoms with van der Waals surface area (Å²) < 4.78 is 18.6. The third-order valence-corrected chi connectivity index (χ3v) is 4.35. The second-order valence-corrected chi connectivity index (χ2v) is 6.01. The van der Waals surface area contributed by atoms with Crippen molar-refractivity contribution >= 4 is 17.8 Å². The number of esters is 1. The van der Waals surface area contributed by atoms with Gasteiger partial charge in [0.05, 0.1) is 18.4 Å². The summed E-state index contributed by atoms with van der Waals surface area (Å²) in [6.45, 7) is -0.913. The normalized spacial score (nSPS) is 20.3. The molecule has 2 aliphatic rings. The van der Waals surface area contributed by atoms with Gasteiger partial charge in [-0.05, 0) is 12.0 Å². The van der Waals surface area contributed by atoms with E-state index in [-0.39, 0.29) is 13.0 Å². The van der Waals surface area contributed by atoms with E-state index in [2.05, 4.69) is 0 Å². The van der Waals surface area contributed by atoms with Gasteiger partial charge in [-0.2, -0.15) is 0 Å². The van der Waals surface area contributed by atoms with Gasteiger partial charge in [0.15, 0.2) is 0 Å². The number of hydrogen-bond acceptors (Lipinski definition) is 4. The van der Waals surface area contributed by atoms with Gasteiger partial charge in [-0.1, -0.05) is 48.6 Å². The SMILES string of the molecule is O=C(C[C@@H](CF)N1C(=O)C2=CC=CCC2C1=O)OCc1ccccc1. The van der Waals surface area contributed by atoms with Crippen LogP contribution in [0.15, 0.2) is 54.1 Å². The highest BCUT2D eigenvalue weighted by Crippen LogP contribution is 2.33. The lowest BCUT2D eigenvalue weighted by Gasteiger charge is -2.23. The number of amides is 2. The van der Waals surface area contributed by atoms with Crippen LogP contribution in [0.4, 0.5) is 4.39 Å². The van der Waals surface area contributed by atoms with Crippen molar-refractivity contribution in [1.82, 2.24) is 4.90 Å². The lowest BCUT2D eigenvalue weighted by atomic mass is 9.94. The molecule has 5 nitrogen and oxygen atoms in total. The van der Waals surface area contributed by atoms with Crippen LogP contribution in [0, 0.1) is 5.92 Å². The van der Waals surface area contributed by atoms with Crippen molar-refractivity contribution in [3.63, 3.8) is 0 Å². The van der Waals surface area contributed by atoms with Crippen LogP contribution in [0.5, 0.6) is 0 Å². The van der Waals surface area contributed by atoms with Gasteiger partial charge in [-0.15, -0.1) is 0 Å². The van der Waals surface area contributed by atoms with Crippen molar-refractivity contribution in [3.05, 3.63) is 59.7 Å². The summed E-state index contributed by atoms with van der Waals surface area (Å²) in [4.78, 5) is 37.7. The Morgan fingerprint density at radius 3 is 2.72 bits per heavy atom. The molecule has 2 atom stereocenters. The van der Waals surface area contributed by atoms with Crippen molar-refractivity contribution in [3.8, 4) is 0 Å². The number of carbonyl (C=O) groups excluding carboxylic acids is 3. The molecule has 1 unspecified atom stereocenters. The number of rotatable bonds is 6. The van der Waals surface area contributed by atoms with Gasteiger partial charge in [0.25, 0.3) is 5.91 Å². The zero-order valence-corrected chi connectivity index (χ0v) is 13.6. The van der Waals surface area contributed by atoms with E-state index in [1.165, 1.54) is 0 Å². The minimum atomic E-state index is -1.13. The molecule has 1 saturated heterocycles. The van der Waals surface area contributed by atoms with Crippen LogP contribution >= 0.6 is 0 Å². The highest BCUT2D eigenvalue weighted by atomic mass is 19.1. The number of carbonyl (C=O) groups is 3. The minimum Gasteiger partial charge on any atom is -0.461 e. The molecular weight excluding hydrogens is 325 g/mol. The van der Waals surface area contributed by atoms with Gasteiger partial charge >= 0.3 is 5.97 Å². The fourth-order valence-electron chi connectivity index (χ4n) is 3.04. The third-order valence-electron chi connectivity index (χ3n) is 4.35. The van der Waals surface area contributed by atoms with Gasteiger partial charge in [0.2, 0.25) is 5.91 Å². The van der Waals surface area contributed by atoms with Gasteiger partial charge in [-0.25, -0.2) is 4.39 Å². The number of imide groups is 1. The molecule has 3 rings (SSSR count). The number of nitrogens with zero attached hydrogens (tertiary/aromatic N) is 1. The van der Waals surface area contributed by atoms with E-state index in [4.69, 9.17) is 4.74 Å².